The number of aromatic nitrogens is 1. The van der Waals surface area contributed by atoms with E-state index in [9.17, 15) is 19.5 Å². The Labute approximate surface area is 190 Å². The highest BCUT2D eigenvalue weighted by Crippen LogP contribution is 2.20. The zero-order valence-corrected chi connectivity index (χ0v) is 18.5. The molecule has 1 atom stereocenters. The minimum atomic E-state index is -1.05. The molecule has 0 fully saturated rings. The molecule has 1 heterocycles. The lowest BCUT2D eigenvalue weighted by molar-refractivity contribution is -0.137. The zero-order chi connectivity index (χ0) is 23.3. The number of rotatable bonds is 7. The van der Waals surface area contributed by atoms with Gasteiger partial charge in [0.25, 0.3) is 5.56 Å². The van der Waals surface area contributed by atoms with Crippen molar-refractivity contribution in [3.8, 4) is 0 Å². The molecule has 8 heteroatoms. The van der Waals surface area contributed by atoms with Crippen LogP contribution in [0.4, 0.5) is 10.5 Å². The summed E-state index contributed by atoms with van der Waals surface area (Å²) in [4.78, 5) is 36.8. The van der Waals surface area contributed by atoms with Gasteiger partial charge in [-0.05, 0) is 54.3 Å². The summed E-state index contributed by atoms with van der Waals surface area (Å²) in [5.41, 5.74) is 3.18. The Hall–Kier alpha value is -3.58. The minimum Gasteiger partial charge on any atom is -0.481 e. The lowest BCUT2D eigenvalue weighted by Gasteiger charge is -2.19. The Bertz CT molecular complexity index is 1210. The second kappa shape index (κ2) is 10.2. The number of hydrogen-bond donors (Lipinski definition) is 3. The Kier molecular flexibility index (Phi) is 7.33. The van der Waals surface area contributed by atoms with Crippen molar-refractivity contribution in [2.75, 3.05) is 5.32 Å². The van der Waals surface area contributed by atoms with E-state index < -0.39 is 23.6 Å². The molecule has 166 valence electrons. The number of carbonyl (C=O) groups excluding carboxylic acids is 1. The molecule has 0 saturated carbocycles. The van der Waals surface area contributed by atoms with Crippen LogP contribution in [0.25, 0.3) is 0 Å². The smallest absolute Gasteiger partial charge is 0.319 e. The quantitative estimate of drug-likeness (QED) is 0.490. The van der Waals surface area contributed by atoms with Gasteiger partial charge in [-0.2, -0.15) is 0 Å². The number of carbonyl (C=O) groups is 2. The van der Waals surface area contributed by atoms with Gasteiger partial charge >= 0.3 is 12.0 Å². The van der Waals surface area contributed by atoms with Gasteiger partial charge in [-0.25, -0.2) is 4.79 Å². The van der Waals surface area contributed by atoms with Crippen molar-refractivity contribution in [2.24, 2.45) is 0 Å². The number of carboxylic acids is 1. The predicted molar refractivity (Wildman–Crippen MR) is 124 cm³/mol. The van der Waals surface area contributed by atoms with E-state index >= 15 is 0 Å². The standard InChI is InChI=1S/C24H24ClN3O4/c1-15-9-10-17(12-16(15)2)21(13-22(29)30)27-24(32)26-20-8-5-11-28(23(20)31)14-18-6-3-4-7-19(18)25/h3-12,21H,13-14H2,1-2H3,(H,29,30)(H2,26,27,32)/t21-/m0/s1. The molecule has 1 aromatic heterocycles. The number of hydrogen-bond acceptors (Lipinski definition) is 3. The molecule has 2 aromatic carbocycles. The summed E-state index contributed by atoms with van der Waals surface area (Å²) >= 11 is 6.19. The molecule has 0 aliphatic carbocycles. The Balaban J connectivity index is 1.78. The molecule has 0 radical (unpaired) electrons. The van der Waals surface area contributed by atoms with E-state index in [1.807, 2.05) is 38.1 Å². The zero-order valence-electron chi connectivity index (χ0n) is 17.8. The third kappa shape index (κ3) is 5.76. The number of urea groups is 1. The Morgan fingerprint density at radius 3 is 2.50 bits per heavy atom. The van der Waals surface area contributed by atoms with Crippen molar-refractivity contribution in [1.82, 2.24) is 9.88 Å². The van der Waals surface area contributed by atoms with Crippen LogP contribution in [0.15, 0.2) is 65.6 Å². The number of pyridine rings is 1. The van der Waals surface area contributed by atoms with Crippen LogP contribution in [-0.2, 0) is 11.3 Å². The SMILES string of the molecule is Cc1ccc([C@H](CC(=O)O)NC(=O)Nc2cccn(Cc3ccccc3Cl)c2=O)cc1C. The average molecular weight is 454 g/mol. The van der Waals surface area contributed by atoms with Crippen LogP contribution in [0.5, 0.6) is 0 Å². The van der Waals surface area contributed by atoms with Gasteiger partial charge in [0.15, 0.2) is 0 Å². The number of amides is 2. The highest BCUT2D eigenvalue weighted by Gasteiger charge is 2.19. The maximum Gasteiger partial charge on any atom is 0.319 e. The first-order valence-electron chi connectivity index (χ1n) is 10.0. The van der Waals surface area contributed by atoms with E-state index in [0.717, 1.165) is 16.7 Å². The molecule has 2 amide bonds. The van der Waals surface area contributed by atoms with E-state index in [4.69, 9.17) is 11.6 Å². The number of benzene rings is 2. The summed E-state index contributed by atoms with van der Waals surface area (Å²) in [6, 6.07) is 14.4. The summed E-state index contributed by atoms with van der Waals surface area (Å²) in [5.74, 6) is -1.05. The summed E-state index contributed by atoms with van der Waals surface area (Å²) in [6.45, 7) is 4.12. The molecule has 0 unspecified atom stereocenters. The van der Waals surface area contributed by atoms with Crippen LogP contribution in [0.3, 0.4) is 0 Å². The molecule has 0 aliphatic heterocycles. The van der Waals surface area contributed by atoms with Crippen LogP contribution in [0.2, 0.25) is 5.02 Å². The number of carboxylic acid groups (broad SMARTS) is 1. The topological polar surface area (TPSA) is 100 Å². The number of aryl methyl sites for hydroxylation is 2. The van der Waals surface area contributed by atoms with Crippen LogP contribution >= 0.6 is 11.6 Å². The second-order valence-electron chi connectivity index (χ2n) is 7.54. The molecular weight excluding hydrogens is 430 g/mol. The highest BCUT2D eigenvalue weighted by atomic mass is 35.5. The van der Waals surface area contributed by atoms with Crippen molar-refractivity contribution >= 4 is 29.3 Å². The van der Waals surface area contributed by atoms with Gasteiger partial charge in [0.2, 0.25) is 0 Å². The molecule has 3 rings (SSSR count). The maximum absolute atomic E-state index is 12.8. The van der Waals surface area contributed by atoms with Gasteiger partial charge in [-0.3, -0.25) is 9.59 Å². The van der Waals surface area contributed by atoms with Crippen LogP contribution in [0.1, 0.15) is 34.7 Å². The van der Waals surface area contributed by atoms with Crippen LogP contribution < -0.4 is 16.2 Å². The van der Waals surface area contributed by atoms with Gasteiger partial charge in [-0.15, -0.1) is 0 Å². The minimum absolute atomic E-state index is 0.0752. The van der Waals surface area contributed by atoms with E-state index in [2.05, 4.69) is 10.6 Å². The van der Waals surface area contributed by atoms with E-state index in [1.54, 1.807) is 30.5 Å². The second-order valence-corrected chi connectivity index (χ2v) is 7.95. The molecule has 0 saturated heterocycles. The lowest BCUT2D eigenvalue weighted by Crippen LogP contribution is -2.36. The molecule has 0 spiro atoms. The Morgan fingerprint density at radius 1 is 1.06 bits per heavy atom. The van der Waals surface area contributed by atoms with Gasteiger partial charge in [0.1, 0.15) is 5.69 Å². The van der Waals surface area contributed by atoms with Crippen molar-refractivity contribution in [1.29, 1.82) is 0 Å². The molecule has 3 N–H and O–H groups in total. The third-order valence-electron chi connectivity index (χ3n) is 5.18. The van der Waals surface area contributed by atoms with Crippen molar-refractivity contribution in [3.05, 3.63) is 98.4 Å². The van der Waals surface area contributed by atoms with Crippen molar-refractivity contribution in [3.63, 3.8) is 0 Å². The van der Waals surface area contributed by atoms with Gasteiger partial charge in [-0.1, -0.05) is 48.0 Å². The number of nitrogens with zero attached hydrogens (tertiary/aromatic N) is 1. The van der Waals surface area contributed by atoms with Gasteiger partial charge in [0, 0.05) is 11.2 Å². The first-order chi connectivity index (χ1) is 15.2. The summed E-state index contributed by atoms with van der Waals surface area (Å²) < 4.78 is 1.44. The monoisotopic (exact) mass is 453 g/mol. The summed E-state index contributed by atoms with van der Waals surface area (Å²) in [5, 5.41) is 15.0. The fourth-order valence-electron chi connectivity index (χ4n) is 3.29. The first kappa shape index (κ1) is 23.1. The first-order valence-corrected chi connectivity index (χ1v) is 10.4. The van der Waals surface area contributed by atoms with Crippen molar-refractivity contribution in [2.45, 2.75) is 32.9 Å². The normalized spacial score (nSPS) is 11.6. The molecule has 0 aliphatic rings. The van der Waals surface area contributed by atoms with E-state index in [1.165, 1.54) is 10.6 Å². The number of nitrogens with one attached hydrogen (secondary N) is 2. The fraction of sp³-hybridized carbons (Fsp3) is 0.208. The lowest BCUT2D eigenvalue weighted by atomic mass is 9.99. The number of halogens is 1. The van der Waals surface area contributed by atoms with Gasteiger partial charge in [0.05, 0.1) is 19.0 Å². The molecule has 7 nitrogen and oxygen atoms in total. The molecular formula is C24H24ClN3O4. The molecule has 32 heavy (non-hydrogen) atoms. The van der Waals surface area contributed by atoms with E-state index in [-0.39, 0.29) is 18.7 Å². The Morgan fingerprint density at radius 2 is 1.81 bits per heavy atom. The summed E-state index contributed by atoms with van der Waals surface area (Å²) in [7, 11) is 0. The summed E-state index contributed by atoms with van der Waals surface area (Å²) in [6.07, 6.45) is 1.32. The van der Waals surface area contributed by atoms with E-state index in [0.29, 0.717) is 10.6 Å². The largest absolute Gasteiger partial charge is 0.481 e. The number of aliphatic carboxylic acids is 1. The highest BCUT2D eigenvalue weighted by molar-refractivity contribution is 6.31. The molecule has 3 aromatic rings. The fourth-order valence-corrected chi connectivity index (χ4v) is 3.49. The van der Waals surface area contributed by atoms with Crippen molar-refractivity contribution < 1.29 is 14.7 Å². The van der Waals surface area contributed by atoms with Gasteiger partial charge < -0.3 is 20.3 Å². The predicted octanol–water partition coefficient (Wildman–Crippen LogP) is 4.50. The van der Waals surface area contributed by atoms with Crippen LogP contribution in [0, 0.1) is 13.8 Å². The number of anilines is 1. The maximum atomic E-state index is 12.8. The average Bonchev–Trinajstić information content (AvgIpc) is 2.73. The third-order valence-corrected chi connectivity index (χ3v) is 5.55. The molecule has 0 bridgehead atoms. The van der Waals surface area contributed by atoms with Crippen LogP contribution in [-0.4, -0.2) is 21.7 Å².